The van der Waals surface area contributed by atoms with Crippen LogP contribution in [0.2, 0.25) is 5.02 Å². The molecule has 0 unspecified atom stereocenters. The standard InChI is InChI=1S/C23H16ClF2N9O.C7H6O3/c24-12-1-4-16(34-10-28-32-33-34)15(9-12)11-7-13-2-5-17(35(13)19(36)8-11)20-22(26)31-23(30-20)14-3-6-18(27)29-21(14)25;8-6-3-1-2-5(4-6)7(9)10/h1,3-4,6-10,17H,2,5H2,(H2,27,29)(H,30,31);1-4,8H,(H,9,10)/t17-;/m0./s1. The predicted octanol–water partition coefficient (Wildman–Crippen LogP) is 4.42. The monoisotopic (exact) mass is 645 g/mol. The number of aryl methyl sites for hydroxylation is 1. The Kier molecular flexibility index (Phi) is 7.98. The molecule has 4 aromatic heterocycles. The first-order chi connectivity index (χ1) is 22.1. The molecule has 6 aromatic rings. The molecular weight excluding hydrogens is 624 g/mol. The van der Waals surface area contributed by atoms with E-state index in [0.717, 1.165) is 0 Å². The lowest BCUT2D eigenvalue weighted by Crippen LogP contribution is -2.24. The second-order valence-electron chi connectivity index (χ2n) is 10.1. The summed E-state index contributed by atoms with van der Waals surface area (Å²) in [4.78, 5) is 33.8. The van der Waals surface area contributed by atoms with Gasteiger partial charge in [-0.1, -0.05) is 17.7 Å². The maximum absolute atomic E-state index is 14.9. The molecule has 0 aliphatic carbocycles. The summed E-state index contributed by atoms with van der Waals surface area (Å²) in [6, 6.07) is 16.2. The SMILES string of the molecule is Nc1ccc(-c2nc(F)c([C@@H]3CCc4cc(-c5cc(Cl)ccc5-n5cnnn5)cc(=O)n43)[nH]2)c(F)n1.O=C(O)c1cccc(O)c1. The van der Waals surface area contributed by atoms with Crippen LogP contribution < -0.4 is 11.3 Å². The number of nitrogens with zero attached hydrogens (tertiary/aromatic N) is 7. The number of pyridine rings is 2. The molecule has 5 N–H and O–H groups in total. The van der Waals surface area contributed by atoms with Crippen molar-refractivity contribution >= 4 is 23.4 Å². The van der Waals surface area contributed by atoms with E-state index in [1.54, 1.807) is 18.2 Å². The maximum atomic E-state index is 14.9. The van der Waals surface area contributed by atoms with Crippen molar-refractivity contribution in [2.45, 2.75) is 18.9 Å². The number of nitrogens with one attached hydrogen (secondary N) is 1. The fourth-order valence-corrected chi connectivity index (χ4v) is 5.38. The Hall–Kier alpha value is -5.96. The Bertz CT molecular complexity index is 2150. The molecule has 0 bridgehead atoms. The number of H-pyrrole nitrogens is 1. The predicted molar refractivity (Wildman–Crippen MR) is 162 cm³/mol. The van der Waals surface area contributed by atoms with Crippen molar-refractivity contribution in [1.82, 2.24) is 39.7 Å². The number of anilines is 1. The lowest BCUT2D eigenvalue weighted by Gasteiger charge is -2.15. The van der Waals surface area contributed by atoms with Crippen LogP contribution in [0.5, 0.6) is 5.75 Å². The first-order valence-corrected chi connectivity index (χ1v) is 14.0. The number of aromatic nitrogens is 8. The van der Waals surface area contributed by atoms with Crippen LogP contribution in [0.3, 0.4) is 0 Å². The number of phenols is 1. The highest BCUT2D eigenvalue weighted by Crippen LogP contribution is 2.35. The van der Waals surface area contributed by atoms with Crippen LogP contribution in [0.15, 0.2) is 77.9 Å². The number of hydrogen-bond acceptors (Lipinski definition) is 9. The summed E-state index contributed by atoms with van der Waals surface area (Å²) < 4.78 is 32.2. The Morgan fingerprint density at radius 2 is 1.85 bits per heavy atom. The van der Waals surface area contributed by atoms with Crippen LogP contribution in [-0.2, 0) is 6.42 Å². The molecule has 5 heterocycles. The summed E-state index contributed by atoms with van der Waals surface area (Å²) in [5, 5.41) is 29.0. The van der Waals surface area contributed by atoms with Gasteiger partial charge in [0.15, 0.2) is 0 Å². The zero-order chi connectivity index (χ0) is 32.5. The van der Waals surface area contributed by atoms with Gasteiger partial charge in [-0.2, -0.15) is 18.4 Å². The molecule has 1 atom stereocenters. The Balaban J connectivity index is 0.000000319. The molecule has 1 aliphatic heterocycles. The molecule has 0 amide bonds. The highest BCUT2D eigenvalue weighted by atomic mass is 35.5. The average Bonchev–Trinajstić information content (AvgIpc) is 3.78. The van der Waals surface area contributed by atoms with Gasteiger partial charge in [0.1, 0.15) is 23.7 Å². The number of carbonyl (C=O) groups is 1. The summed E-state index contributed by atoms with van der Waals surface area (Å²) in [5.74, 6) is -2.78. The van der Waals surface area contributed by atoms with Crippen molar-refractivity contribution in [3.63, 3.8) is 0 Å². The summed E-state index contributed by atoms with van der Waals surface area (Å²) in [6.45, 7) is 0. The van der Waals surface area contributed by atoms with Crippen LogP contribution >= 0.6 is 11.6 Å². The van der Waals surface area contributed by atoms with Gasteiger partial charge in [0.25, 0.3) is 5.56 Å². The number of carboxylic acid groups (broad SMARTS) is 1. The second kappa shape index (κ2) is 12.2. The van der Waals surface area contributed by atoms with Gasteiger partial charge >= 0.3 is 5.97 Å². The normalized spacial score (nSPS) is 13.6. The number of aromatic amines is 1. The molecule has 0 radical (unpaired) electrons. The molecule has 1 aliphatic rings. The van der Waals surface area contributed by atoms with Crippen molar-refractivity contribution in [2.24, 2.45) is 0 Å². The van der Waals surface area contributed by atoms with Gasteiger partial charge in [-0.05, 0) is 83.4 Å². The lowest BCUT2D eigenvalue weighted by molar-refractivity contribution is 0.0696. The van der Waals surface area contributed by atoms with E-state index < -0.39 is 23.9 Å². The Labute approximate surface area is 262 Å². The molecular formula is C30H22ClF2N9O4. The second-order valence-corrected chi connectivity index (χ2v) is 10.6. The van der Waals surface area contributed by atoms with E-state index in [1.165, 1.54) is 58.0 Å². The van der Waals surface area contributed by atoms with Crippen LogP contribution in [0.1, 0.15) is 34.2 Å². The Morgan fingerprint density at radius 1 is 1.02 bits per heavy atom. The van der Waals surface area contributed by atoms with Crippen molar-refractivity contribution in [3.8, 4) is 34.0 Å². The third-order valence-corrected chi connectivity index (χ3v) is 7.47. The number of hydrogen-bond donors (Lipinski definition) is 4. The van der Waals surface area contributed by atoms with Gasteiger partial charge in [-0.25, -0.2) is 9.78 Å². The number of phenolic OH excluding ortho intramolecular Hbond substituents is 1. The first-order valence-electron chi connectivity index (χ1n) is 13.6. The number of nitrogens with two attached hydrogens (primary N) is 1. The number of benzene rings is 2. The minimum atomic E-state index is -1.03. The number of aromatic hydroxyl groups is 1. The highest BCUT2D eigenvalue weighted by molar-refractivity contribution is 6.31. The average molecular weight is 646 g/mol. The van der Waals surface area contributed by atoms with Gasteiger partial charge in [-0.3, -0.25) is 4.79 Å². The molecule has 0 saturated heterocycles. The van der Waals surface area contributed by atoms with Gasteiger partial charge < -0.3 is 25.5 Å². The molecule has 0 spiro atoms. The van der Waals surface area contributed by atoms with E-state index in [1.807, 2.05) is 6.07 Å². The molecule has 7 rings (SSSR count). The van der Waals surface area contributed by atoms with Crippen LogP contribution in [-0.4, -0.2) is 55.9 Å². The number of tetrazole rings is 1. The molecule has 13 nitrogen and oxygen atoms in total. The number of nitrogen functional groups attached to an aromatic ring is 1. The molecule has 0 fully saturated rings. The van der Waals surface area contributed by atoms with E-state index >= 15 is 0 Å². The maximum Gasteiger partial charge on any atom is 0.335 e. The van der Waals surface area contributed by atoms with Crippen molar-refractivity contribution in [3.05, 3.63) is 117 Å². The quantitative estimate of drug-likeness (QED) is 0.195. The lowest BCUT2D eigenvalue weighted by atomic mass is 10.0. The zero-order valence-electron chi connectivity index (χ0n) is 23.5. The number of carboxylic acids is 1. The third kappa shape index (κ3) is 5.90. The number of imidazole rings is 1. The summed E-state index contributed by atoms with van der Waals surface area (Å²) in [5.41, 5.74) is 7.98. The molecule has 232 valence electrons. The summed E-state index contributed by atoms with van der Waals surface area (Å²) >= 11 is 6.24. The summed E-state index contributed by atoms with van der Waals surface area (Å²) in [7, 11) is 0. The van der Waals surface area contributed by atoms with E-state index in [-0.39, 0.29) is 39.8 Å². The molecule has 2 aromatic carbocycles. The number of aromatic carboxylic acids is 1. The number of halogens is 3. The number of fused-ring (bicyclic) bond motifs is 1. The van der Waals surface area contributed by atoms with Gasteiger partial charge in [0.05, 0.1) is 28.6 Å². The van der Waals surface area contributed by atoms with E-state index in [4.69, 9.17) is 27.5 Å². The van der Waals surface area contributed by atoms with E-state index in [9.17, 15) is 18.4 Å². The van der Waals surface area contributed by atoms with E-state index in [0.29, 0.717) is 40.4 Å². The first kappa shape index (κ1) is 30.1. The molecule has 0 saturated carbocycles. The number of rotatable bonds is 5. The van der Waals surface area contributed by atoms with Crippen molar-refractivity contribution < 1.29 is 23.8 Å². The third-order valence-electron chi connectivity index (χ3n) is 7.24. The highest BCUT2D eigenvalue weighted by Gasteiger charge is 2.30. The van der Waals surface area contributed by atoms with Gasteiger partial charge in [0.2, 0.25) is 11.9 Å². The summed E-state index contributed by atoms with van der Waals surface area (Å²) in [6.07, 6.45) is 2.41. The van der Waals surface area contributed by atoms with Crippen LogP contribution in [0, 0.1) is 11.9 Å². The van der Waals surface area contributed by atoms with Crippen LogP contribution in [0.25, 0.3) is 28.2 Å². The zero-order valence-corrected chi connectivity index (χ0v) is 24.2. The van der Waals surface area contributed by atoms with E-state index in [2.05, 4.69) is 30.5 Å². The van der Waals surface area contributed by atoms with Crippen molar-refractivity contribution in [1.29, 1.82) is 0 Å². The minimum Gasteiger partial charge on any atom is -0.508 e. The van der Waals surface area contributed by atoms with Crippen molar-refractivity contribution in [2.75, 3.05) is 5.73 Å². The van der Waals surface area contributed by atoms with Gasteiger partial charge in [-0.15, -0.1) is 5.10 Å². The fraction of sp³-hybridized carbons (Fsp3) is 0.100. The molecule has 46 heavy (non-hydrogen) atoms. The fourth-order valence-electron chi connectivity index (χ4n) is 5.21. The smallest absolute Gasteiger partial charge is 0.335 e. The Morgan fingerprint density at radius 3 is 2.54 bits per heavy atom. The largest absolute Gasteiger partial charge is 0.508 e. The minimum absolute atomic E-state index is 0.00137. The van der Waals surface area contributed by atoms with Gasteiger partial charge in [0, 0.05) is 22.3 Å². The van der Waals surface area contributed by atoms with Crippen LogP contribution in [0.4, 0.5) is 14.6 Å². The molecule has 16 heteroatoms. The topological polar surface area (TPSA) is 191 Å².